The van der Waals surface area contributed by atoms with Crippen molar-refractivity contribution in [2.24, 2.45) is 11.7 Å². The van der Waals surface area contributed by atoms with Crippen LogP contribution in [0, 0.1) is 5.92 Å². The van der Waals surface area contributed by atoms with E-state index < -0.39 is 0 Å². The van der Waals surface area contributed by atoms with E-state index in [2.05, 4.69) is 12.1 Å². The van der Waals surface area contributed by atoms with E-state index in [9.17, 15) is 4.79 Å². The molecule has 2 N–H and O–H groups in total. The maximum atomic E-state index is 13.3. The van der Waals surface area contributed by atoms with Gasteiger partial charge in [0.25, 0.3) is 5.91 Å². The molecule has 0 bridgehead atoms. The van der Waals surface area contributed by atoms with E-state index in [1.807, 2.05) is 47.4 Å². The quantitative estimate of drug-likeness (QED) is 0.707. The Kier molecular flexibility index (Phi) is 6.39. The highest BCUT2D eigenvalue weighted by Crippen LogP contribution is 2.34. The molecule has 1 saturated heterocycles. The molecule has 5 nitrogen and oxygen atoms in total. The Balaban J connectivity index is 0.00000225. The Morgan fingerprint density at radius 3 is 2.57 bits per heavy atom. The van der Waals surface area contributed by atoms with Crippen LogP contribution in [0.2, 0.25) is 0 Å². The molecule has 2 heterocycles. The van der Waals surface area contributed by atoms with Gasteiger partial charge in [-0.1, -0.05) is 48.5 Å². The monoisotopic (exact) mass is 400 g/mol. The normalized spacial score (nSPS) is 19.0. The summed E-state index contributed by atoms with van der Waals surface area (Å²) >= 11 is 0. The molecule has 0 radical (unpaired) electrons. The second-order valence-corrected chi connectivity index (χ2v) is 7.06. The van der Waals surface area contributed by atoms with Gasteiger partial charge in [-0.2, -0.15) is 0 Å². The van der Waals surface area contributed by atoms with Crippen LogP contribution in [0.4, 0.5) is 0 Å². The first-order chi connectivity index (χ1) is 13.2. The maximum Gasteiger partial charge on any atom is 0.290 e. The van der Waals surface area contributed by atoms with E-state index in [0.717, 1.165) is 10.9 Å². The van der Waals surface area contributed by atoms with Gasteiger partial charge >= 0.3 is 0 Å². The number of hydrogen-bond acceptors (Lipinski definition) is 4. The zero-order chi connectivity index (χ0) is 18.8. The number of para-hydroxylation sites is 1. The molecule has 0 spiro atoms. The van der Waals surface area contributed by atoms with Crippen molar-refractivity contribution < 1.29 is 13.9 Å². The van der Waals surface area contributed by atoms with E-state index >= 15 is 0 Å². The largest absolute Gasteiger partial charge is 0.451 e. The van der Waals surface area contributed by atoms with Crippen molar-refractivity contribution in [1.82, 2.24) is 4.90 Å². The minimum Gasteiger partial charge on any atom is -0.451 e. The third-order valence-corrected chi connectivity index (χ3v) is 5.44. The number of hydrogen-bond donors (Lipinski definition) is 1. The van der Waals surface area contributed by atoms with Gasteiger partial charge in [0.1, 0.15) is 5.58 Å². The molecule has 6 heteroatoms. The first-order valence-corrected chi connectivity index (χ1v) is 9.26. The van der Waals surface area contributed by atoms with E-state index in [-0.39, 0.29) is 30.2 Å². The van der Waals surface area contributed by atoms with Gasteiger partial charge in [0, 0.05) is 37.1 Å². The van der Waals surface area contributed by atoms with E-state index in [1.165, 1.54) is 5.56 Å². The molecule has 28 heavy (non-hydrogen) atoms. The van der Waals surface area contributed by atoms with Crippen LogP contribution in [0.1, 0.15) is 27.6 Å². The summed E-state index contributed by atoms with van der Waals surface area (Å²) in [5.74, 6) is 0.777. The Morgan fingerprint density at radius 1 is 1.14 bits per heavy atom. The maximum absolute atomic E-state index is 13.3. The van der Waals surface area contributed by atoms with Gasteiger partial charge in [-0.05, 0) is 24.1 Å². The van der Waals surface area contributed by atoms with E-state index in [4.69, 9.17) is 14.9 Å². The minimum absolute atomic E-state index is 0. The molecule has 1 amide bonds. The number of likely N-dealkylation sites (tertiary alicyclic amines) is 1. The molecule has 148 valence electrons. The summed E-state index contributed by atoms with van der Waals surface area (Å²) in [4.78, 5) is 15.2. The van der Waals surface area contributed by atoms with Crippen LogP contribution in [0.5, 0.6) is 0 Å². The molecule has 0 unspecified atom stereocenters. The Bertz CT molecular complexity index is 941. The summed E-state index contributed by atoms with van der Waals surface area (Å²) in [6.07, 6.45) is 0. The van der Waals surface area contributed by atoms with Crippen molar-refractivity contribution in [3.63, 3.8) is 0 Å². The van der Waals surface area contributed by atoms with Crippen LogP contribution in [0.25, 0.3) is 11.0 Å². The lowest BCUT2D eigenvalue weighted by molar-refractivity contribution is 0.0750. The molecule has 2 aromatic carbocycles. The molecule has 1 aromatic heterocycles. The number of nitrogens with two attached hydrogens (primary N) is 1. The SMILES string of the molecule is COCc1c(C(=O)N2C[C@@H](CN)[C@H](c3ccccc3)C2)oc2ccccc12.Cl. The van der Waals surface area contributed by atoms with Gasteiger partial charge < -0.3 is 19.8 Å². The number of ether oxygens (including phenoxy) is 1. The van der Waals surface area contributed by atoms with Gasteiger partial charge in [-0.3, -0.25) is 4.79 Å². The van der Waals surface area contributed by atoms with Crippen LogP contribution in [0.15, 0.2) is 59.0 Å². The number of fused-ring (bicyclic) bond motifs is 1. The van der Waals surface area contributed by atoms with Crippen molar-refractivity contribution in [2.45, 2.75) is 12.5 Å². The lowest BCUT2D eigenvalue weighted by Crippen LogP contribution is -2.30. The van der Waals surface area contributed by atoms with Crippen molar-refractivity contribution in [2.75, 3.05) is 26.7 Å². The first-order valence-electron chi connectivity index (χ1n) is 9.26. The van der Waals surface area contributed by atoms with Gasteiger partial charge in [-0.25, -0.2) is 0 Å². The lowest BCUT2D eigenvalue weighted by Gasteiger charge is -2.16. The van der Waals surface area contributed by atoms with Gasteiger partial charge in [0.15, 0.2) is 5.76 Å². The number of rotatable bonds is 5. The summed E-state index contributed by atoms with van der Waals surface area (Å²) in [5.41, 5.74) is 8.77. The second kappa shape index (κ2) is 8.78. The van der Waals surface area contributed by atoms with Crippen LogP contribution >= 0.6 is 12.4 Å². The third-order valence-electron chi connectivity index (χ3n) is 5.44. The third kappa shape index (κ3) is 3.65. The van der Waals surface area contributed by atoms with Crippen LogP contribution < -0.4 is 5.73 Å². The fraction of sp³-hybridized carbons (Fsp3) is 0.318. The molecule has 0 saturated carbocycles. The zero-order valence-corrected chi connectivity index (χ0v) is 16.7. The number of furan rings is 1. The predicted octanol–water partition coefficient (Wildman–Crippen LogP) is 3.82. The topological polar surface area (TPSA) is 68.7 Å². The molecule has 2 atom stereocenters. The van der Waals surface area contributed by atoms with E-state index in [0.29, 0.717) is 37.6 Å². The highest BCUT2D eigenvalue weighted by molar-refractivity contribution is 5.99. The first kappa shape index (κ1) is 20.4. The Morgan fingerprint density at radius 2 is 1.86 bits per heavy atom. The number of carbonyl (C=O) groups excluding carboxylic acids is 1. The van der Waals surface area contributed by atoms with Gasteiger partial charge in [0.05, 0.1) is 6.61 Å². The number of benzene rings is 2. The van der Waals surface area contributed by atoms with Crippen LogP contribution in [0.3, 0.4) is 0 Å². The fourth-order valence-electron chi connectivity index (χ4n) is 4.06. The molecular weight excluding hydrogens is 376 g/mol. The molecule has 4 rings (SSSR count). The fourth-order valence-corrected chi connectivity index (χ4v) is 4.06. The van der Waals surface area contributed by atoms with Crippen molar-refractivity contribution in [3.05, 3.63) is 71.5 Å². The average molecular weight is 401 g/mol. The molecule has 0 aliphatic carbocycles. The smallest absolute Gasteiger partial charge is 0.290 e. The highest BCUT2D eigenvalue weighted by atomic mass is 35.5. The van der Waals surface area contributed by atoms with Gasteiger partial charge in [-0.15, -0.1) is 12.4 Å². The molecule has 1 fully saturated rings. The number of halogens is 1. The number of nitrogens with zero attached hydrogens (tertiary/aromatic N) is 1. The zero-order valence-electron chi connectivity index (χ0n) is 15.8. The Labute approximate surface area is 170 Å². The number of carbonyl (C=O) groups is 1. The van der Waals surface area contributed by atoms with Crippen molar-refractivity contribution >= 4 is 29.3 Å². The van der Waals surface area contributed by atoms with Crippen molar-refractivity contribution in [3.8, 4) is 0 Å². The summed E-state index contributed by atoms with van der Waals surface area (Å²) in [6, 6.07) is 18.0. The minimum atomic E-state index is -0.0878. The molecular formula is C22H25ClN2O3. The standard InChI is InChI=1S/C22H24N2O3.ClH/c1-26-14-19-17-9-5-6-10-20(17)27-21(19)22(25)24-12-16(11-23)18(13-24)15-7-3-2-4-8-15;/h2-10,16,18H,11-14,23H2,1H3;1H/t16-,18+;/m1./s1. The average Bonchev–Trinajstić information content (AvgIpc) is 3.31. The summed E-state index contributed by atoms with van der Waals surface area (Å²) in [7, 11) is 1.63. The second-order valence-electron chi connectivity index (χ2n) is 7.06. The van der Waals surface area contributed by atoms with Crippen molar-refractivity contribution in [1.29, 1.82) is 0 Å². The number of methoxy groups -OCH3 is 1. The summed E-state index contributed by atoms with van der Waals surface area (Å²) < 4.78 is 11.3. The molecule has 1 aliphatic rings. The number of amides is 1. The Hall–Kier alpha value is -2.34. The van der Waals surface area contributed by atoms with Crippen LogP contribution in [-0.4, -0.2) is 37.6 Å². The molecule has 1 aliphatic heterocycles. The predicted molar refractivity (Wildman–Crippen MR) is 112 cm³/mol. The lowest BCUT2D eigenvalue weighted by atomic mass is 9.89. The van der Waals surface area contributed by atoms with E-state index in [1.54, 1.807) is 7.11 Å². The summed E-state index contributed by atoms with van der Waals surface area (Å²) in [6.45, 7) is 2.18. The van der Waals surface area contributed by atoms with Gasteiger partial charge in [0.2, 0.25) is 0 Å². The van der Waals surface area contributed by atoms with Crippen LogP contribution in [-0.2, 0) is 11.3 Å². The summed E-state index contributed by atoms with van der Waals surface area (Å²) in [5, 5.41) is 0.928. The molecule has 3 aromatic rings. The highest BCUT2D eigenvalue weighted by Gasteiger charge is 2.37.